The number of aromatic amines is 1. The minimum Gasteiger partial charge on any atom is -0.466 e. The maximum absolute atomic E-state index is 11.8. The molecule has 0 fully saturated rings. The molecule has 2 N–H and O–H groups in total. The molecule has 0 atom stereocenters. The van der Waals surface area contributed by atoms with Gasteiger partial charge in [0.2, 0.25) is 5.95 Å². The summed E-state index contributed by atoms with van der Waals surface area (Å²) in [5.41, 5.74) is 1.58. The number of carbonyl (C=O) groups is 1. The quantitative estimate of drug-likeness (QED) is 0.847. The molecule has 0 spiro atoms. The number of thiophene rings is 1. The number of aromatic nitrogens is 3. The molecule has 0 bridgehead atoms. The third-order valence-electron chi connectivity index (χ3n) is 1.98. The molecule has 7 heteroatoms. The summed E-state index contributed by atoms with van der Waals surface area (Å²) in [5, 5.41) is 12.6. The molecule has 0 radical (unpaired) electrons. The molecule has 2 aromatic heterocycles. The number of methoxy groups -OCH3 is 1. The van der Waals surface area contributed by atoms with Crippen molar-refractivity contribution < 1.29 is 9.53 Å². The van der Waals surface area contributed by atoms with Gasteiger partial charge in [0.25, 0.3) is 5.91 Å². The van der Waals surface area contributed by atoms with Crippen molar-refractivity contribution in [3.05, 3.63) is 21.9 Å². The second-order valence-corrected chi connectivity index (χ2v) is 3.84. The molecule has 2 rings (SSSR count). The average molecular weight is 238 g/mol. The number of H-pyrrole nitrogens is 1. The summed E-state index contributed by atoms with van der Waals surface area (Å²) >= 11 is 1.48. The summed E-state index contributed by atoms with van der Waals surface area (Å²) < 4.78 is 4.79. The highest BCUT2D eigenvalue weighted by Gasteiger charge is 2.12. The van der Waals surface area contributed by atoms with Crippen LogP contribution in [0.4, 0.5) is 5.95 Å². The van der Waals surface area contributed by atoms with Gasteiger partial charge in [-0.05, 0) is 17.9 Å². The third-order valence-corrected chi connectivity index (χ3v) is 2.84. The zero-order chi connectivity index (χ0) is 11.5. The molecule has 2 heterocycles. The number of amides is 1. The molecular weight excluding hydrogens is 228 g/mol. The summed E-state index contributed by atoms with van der Waals surface area (Å²) in [6, 6.07) is 0.192. The predicted molar refractivity (Wildman–Crippen MR) is 59.9 cm³/mol. The maximum Gasteiger partial charge on any atom is 0.336 e. The highest BCUT2D eigenvalue weighted by Crippen LogP contribution is 2.15. The number of anilines is 1. The van der Waals surface area contributed by atoms with Crippen LogP contribution in [-0.2, 0) is 0 Å². The molecule has 84 valence electrons. The first-order valence-corrected chi connectivity index (χ1v) is 5.45. The van der Waals surface area contributed by atoms with Gasteiger partial charge in [0.15, 0.2) is 0 Å². The molecule has 0 saturated heterocycles. The van der Waals surface area contributed by atoms with Gasteiger partial charge in [0.05, 0.1) is 12.7 Å². The number of hydrogen-bond acceptors (Lipinski definition) is 5. The van der Waals surface area contributed by atoms with Gasteiger partial charge in [-0.1, -0.05) is 0 Å². The van der Waals surface area contributed by atoms with Crippen molar-refractivity contribution in [2.75, 3.05) is 12.4 Å². The van der Waals surface area contributed by atoms with Crippen molar-refractivity contribution in [3.8, 4) is 6.01 Å². The monoisotopic (exact) mass is 238 g/mol. The van der Waals surface area contributed by atoms with E-state index in [0.29, 0.717) is 5.56 Å². The number of hydrogen-bond donors (Lipinski definition) is 2. The Kier molecular flexibility index (Phi) is 2.86. The Balaban J connectivity index is 2.11. The molecule has 6 nitrogen and oxygen atoms in total. The van der Waals surface area contributed by atoms with Crippen LogP contribution in [0.2, 0.25) is 0 Å². The van der Waals surface area contributed by atoms with E-state index in [0.717, 1.165) is 5.56 Å². The molecule has 0 saturated carbocycles. The molecule has 16 heavy (non-hydrogen) atoms. The molecule has 0 aromatic carbocycles. The van der Waals surface area contributed by atoms with Gasteiger partial charge in [0.1, 0.15) is 0 Å². The van der Waals surface area contributed by atoms with Crippen molar-refractivity contribution in [2.24, 2.45) is 0 Å². The second kappa shape index (κ2) is 4.31. The molecule has 0 unspecified atom stereocenters. The highest BCUT2D eigenvalue weighted by atomic mass is 32.1. The summed E-state index contributed by atoms with van der Waals surface area (Å²) in [7, 11) is 1.46. The van der Waals surface area contributed by atoms with E-state index >= 15 is 0 Å². The van der Waals surface area contributed by atoms with Crippen LogP contribution in [0.15, 0.2) is 10.8 Å². The van der Waals surface area contributed by atoms with Crippen LogP contribution in [0.5, 0.6) is 6.01 Å². The predicted octanol–water partition coefficient (Wildman–Crippen LogP) is 1.44. The van der Waals surface area contributed by atoms with Gasteiger partial charge in [-0.25, -0.2) is 5.10 Å². The van der Waals surface area contributed by atoms with E-state index in [1.807, 2.05) is 12.3 Å². The Labute approximate surface area is 95.7 Å². The van der Waals surface area contributed by atoms with E-state index < -0.39 is 0 Å². The molecule has 1 amide bonds. The summed E-state index contributed by atoms with van der Waals surface area (Å²) in [4.78, 5) is 15.7. The Hall–Kier alpha value is -1.89. The minimum absolute atomic E-state index is 0.192. The Morgan fingerprint density at radius 1 is 1.56 bits per heavy atom. The molecule has 2 aromatic rings. The van der Waals surface area contributed by atoms with Crippen LogP contribution in [-0.4, -0.2) is 28.2 Å². The lowest BCUT2D eigenvalue weighted by atomic mass is 10.2. The van der Waals surface area contributed by atoms with Gasteiger partial charge < -0.3 is 4.74 Å². The van der Waals surface area contributed by atoms with Crippen LogP contribution < -0.4 is 10.1 Å². The molecule has 0 aliphatic carbocycles. The van der Waals surface area contributed by atoms with Gasteiger partial charge in [-0.3, -0.25) is 10.1 Å². The van der Waals surface area contributed by atoms with Crippen molar-refractivity contribution in [2.45, 2.75) is 6.92 Å². The fourth-order valence-electron chi connectivity index (χ4n) is 1.16. The number of ether oxygens (including phenoxy) is 1. The number of carbonyl (C=O) groups excluding carboxylic acids is 1. The first-order chi connectivity index (χ1) is 7.70. The smallest absolute Gasteiger partial charge is 0.336 e. The van der Waals surface area contributed by atoms with Crippen LogP contribution in [0.25, 0.3) is 0 Å². The second-order valence-electron chi connectivity index (χ2n) is 3.09. The molecular formula is C9H10N4O2S. The largest absolute Gasteiger partial charge is 0.466 e. The van der Waals surface area contributed by atoms with E-state index in [2.05, 4.69) is 20.5 Å². The van der Waals surface area contributed by atoms with E-state index in [4.69, 9.17) is 4.74 Å². The zero-order valence-corrected chi connectivity index (χ0v) is 9.59. The summed E-state index contributed by atoms with van der Waals surface area (Å²) in [6.07, 6.45) is 0. The lowest BCUT2D eigenvalue weighted by Gasteiger charge is -1.99. The fourth-order valence-corrected chi connectivity index (χ4v) is 1.99. The number of nitrogens with zero attached hydrogens (tertiary/aromatic N) is 2. The van der Waals surface area contributed by atoms with Crippen molar-refractivity contribution >= 4 is 23.2 Å². The van der Waals surface area contributed by atoms with Crippen molar-refractivity contribution in [1.82, 2.24) is 15.2 Å². The first-order valence-electron chi connectivity index (χ1n) is 4.51. The van der Waals surface area contributed by atoms with E-state index in [9.17, 15) is 4.79 Å². The lowest BCUT2D eigenvalue weighted by molar-refractivity contribution is 0.102. The highest BCUT2D eigenvalue weighted by molar-refractivity contribution is 7.08. The normalized spacial score (nSPS) is 10.1. The van der Waals surface area contributed by atoms with Crippen LogP contribution in [0.1, 0.15) is 15.9 Å². The van der Waals surface area contributed by atoms with Gasteiger partial charge in [0, 0.05) is 5.38 Å². The Morgan fingerprint density at radius 3 is 2.94 bits per heavy atom. The van der Waals surface area contributed by atoms with Crippen LogP contribution in [0, 0.1) is 6.92 Å². The van der Waals surface area contributed by atoms with Gasteiger partial charge >= 0.3 is 6.01 Å². The zero-order valence-electron chi connectivity index (χ0n) is 8.77. The van der Waals surface area contributed by atoms with Crippen molar-refractivity contribution in [1.29, 1.82) is 0 Å². The number of rotatable bonds is 3. The lowest BCUT2D eigenvalue weighted by Crippen LogP contribution is -2.13. The molecule has 0 aliphatic heterocycles. The SMILES string of the molecule is COc1n[nH]c(NC(=O)c2cscc2C)n1. The van der Waals surface area contributed by atoms with E-state index in [1.165, 1.54) is 18.4 Å². The minimum atomic E-state index is -0.211. The fraction of sp³-hybridized carbons (Fsp3) is 0.222. The van der Waals surface area contributed by atoms with Crippen LogP contribution >= 0.6 is 11.3 Å². The third kappa shape index (κ3) is 2.03. The Bertz CT molecular complexity index is 505. The topological polar surface area (TPSA) is 79.9 Å². The molecule has 0 aliphatic rings. The summed E-state index contributed by atoms with van der Waals surface area (Å²) in [5.74, 6) is 0.0602. The standard InChI is InChI=1S/C9H10N4O2S/c1-5-3-16-4-6(5)7(14)10-8-11-9(15-2)13-12-8/h3-4H,1-2H3,(H2,10,11,12,13,14). The van der Waals surface area contributed by atoms with Crippen molar-refractivity contribution in [3.63, 3.8) is 0 Å². The number of nitrogens with one attached hydrogen (secondary N) is 2. The van der Waals surface area contributed by atoms with E-state index in [-0.39, 0.29) is 17.9 Å². The van der Waals surface area contributed by atoms with Gasteiger partial charge in [-0.15, -0.1) is 5.10 Å². The number of aryl methyl sites for hydroxylation is 1. The Morgan fingerprint density at radius 2 is 2.38 bits per heavy atom. The van der Waals surface area contributed by atoms with E-state index in [1.54, 1.807) is 5.38 Å². The first kappa shape index (κ1) is 10.6. The van der Waals surface area contributed by atoms with Crippen LogP contribution in [0.3, 0.4) is 0 Å². The average Bonchev–Trinajstić information content (AvgIpc) is 2.86. The maximum atomic E-state index is 11.8. The van der Waals surface area contributed by atoms with Gasteiger partial charge in [-0.2, -0.15) is 16.3 Å². The summed E-state index contributed by atoms with van der Waals surface area (Å²) in [6.45, 7) is 1.88.